The number of amides is 2. The highest BCUT2D eigenvalue weighted by Crippen LogP contribution is 2.40. The summed E-state index contributed by atoms with van der Waals surface area (Å²) < 4.78 is 45.8. The van der Waals surface area contributed by atoms with Gasteiger partial charge in [0.2, 0.25) is 5.91 Å². The molecule has 0 saturated heterocycles. The Morgan fingerprint density at radius 1 is 1.29 bits per heavy atom. The van der Waals surface area contributed by atoms with Crippen LogP contribution in [0.4, 0.5) is 9.39 Å². The topological polar surface area (TPSA) is 124 Å². The number of thiazole rings is 1. The van der Waals surface area contributed by atoms with Crippen LogP contribution in [-0.2, 0) is 43.5 Å². The summed E-state index contributed by atoms with van der Waals surface area (Å²) in [6, 6.07) is 4.00. The Morgan fingerprint density at radius 3 is 2.76 bits per heavy atom. The van der Waals surface area contributed by atoms with Gasteiger partial charge in [-0.2, -0.15) is 4.99 Å². The van der Waals surface area contributed by atoms with E-state index in [1.54, 1.807) is 0 Å². The normalized spacial score (nSPS) is 15.6. The first-order valence-electron chi connectivity index (χ1n) is 11.5. The third-order valence-electron chi connectivity index (χ3n) is 5.96. The van der Waals surface area contributed by atoms with Gasteiger partial charge in [0, 0.05) is 4.88 Å². The van der Waals surface area contributed by atoms with Gasteiger partial charge in [-0.05, 0) is 48.9 Å². The second-order valence-electron chi connectivity index (χ2n) is 8.92. The van der Waals surface area contributed by atoms with E-state index < -0.39 is 44.9 Å². The Labute approximate surface area is 226 Å². The number of sulfone groups is 1. The van der Waals surface area contributed by atoms with E-state index in [0.717, 1.165) is 34.6 Å². The highest BCUT2D eigenvalue weighted by Gasteiger charge is 2.30. The van der Waals surface area contributed by atoms with Gasteiger partial charge in [0.25, 0.3) is 5.91 Å². The Hall–Kier alpha value is -3.34. The lowest BCUT2D eigenvalue weighted by atomic mass is 9.88. The van der Waals surface area contributed by atoms with Crippen LogP contribution in [0, 0.1) is 24.1 Å². The molecule has 3 aromatic rings. The second kappa shape index (κ2) is 11.2. The van der Waals surface area contributed by atoms with E-state index in [4.69, 9.17) is 11.2 Å². The number of nitrogens with one attached hydrogen (secondary N) is 1. The fourth-order valence-corrected chi connectivity index (χ4v) is 7.77. The lowest BCUT2D eigenvalue weighted by molar-refractivity contribution is -0.115. The number of halogens is 1. The number of nitrogens with zero attached hydrogens (tertiary/aromatic N) is 2. The van der Waals surface area contributed by atoms with Gasteiger partial charge in [-0.15, -0.1) is 17.8 Å². The van der Waals surface area contributed by atoms with Gasteiger partial charge >= 0.3 is 5.97 Å². The first-order valence-corrected chi connectivity index (χ1v) is 15.0. The van der Waals surface area contributed by atoms with E-state index in [9.17, 15) is 27.2 Å². The molecule has 1 unspecified atom stereocenters. The predicted molar refractivity (Wildman–Crippen MR) is 143 cm³/mol. The number of methoxy groups -OCH3 is 1. The number of esters is 1. The maximum atomic E-state index is 13.6. The number of thiophene rings is 1. The average molecular weight is 578 g/mol. The van der Waals surface area contributed by atoms with Gasteiger partial charge in [0.05, 0.1) is 29.4 Å². The van der Waals surface area contributed by atoms with Crippen LogP contribution < -0.4 is 10.1 Å². The number of terminal acetylenes is 1. The van der Waals surface area contributed by atoms with Crippen LogP contribution in [-0.4, -0.2) is 49.4 Å². The van der Waals surface area contributed by atoms with Gasteiger partial charge in [-0.25, -0.2) is 17.6 Å². The highest BCUT2D eigenvalue weighted by molar-refractivity contribution is 7.92. The van der Waals surface area contributed by atoms with Gasteiger partial charge in [0.1, 0.15) is 22.3 Å². The van der Waals surface area contributed by atoms with Crippen LogP contribution in [0.15, 0.2) is 23.2 Å². The fourth-order valence-electron chi connectivity index (χ4n) is 4.27. The van der Waals surface area contributed by atoms with Gasteiger partial charge in [0.15, 0.2) is 14.6 Å². The monoisotopic (exact) mass is 577 g/mol. The van der Waals surface area contributed by atoms with Crippen molar-refractivity contribution in [3.05, 3.63) is 44.8 Å². The quantitative estimate of drug-likeness (QED) is 0.340. The van der Waals surface area contributed by atoms with E-state index >= 15 is 0 Å². The minimum atomic E-state index is -4.20. The summed E-state index contributed by atoms with van der Waals surface area (Å²) in [5.74, 6) is -2.10. The molecule has 1 aliphatic rings. The van der Waals surface area contributed by atoms with Crippen LogP contribution in [0.25, 0.3) is 10.2 Å². The molecule has 0 bridgehead atoms. The average Bonchev–Trinajstić information content (AvgIpc) is 3.34. The zero-order chi connectivity index (χ0) is 27.6. The van der Waals surface area contributed by atoms with E-state index in [1.807, 2.05) is 0 Å². The van der Waals surface area contributed by atoms with Crippen LogP contribution >= 0.6 is 22.7 Å². The molecule has 1 atom stereocenters. The van der Waals surface area contributed by atoms with Crippen molar-refractivity contribution in [2.24, 2.45) is 10.9 Å². The number of hydrogen-bond donors (Lipinski definition) is 1. The van der Waals surface area contributed by atoms with E-state index in [0.29, 0.717) is 22.6 Å². The predicted octanol–water partition coefficient (Wildman–Crippen LogP) is 2.93. The van der Waals surface area contributed by atoms with Crippen LogP contribution in [0.2, 0.25) is 0 Å². The van der Waals surface area contributed by atoms with Crippen molar-refractivity contribution < 1.29 is 31.9 Å². The number of ether oxygens (including phenoxy) is 1. The summed E-state index contributed by atoms with van der Waals surface area (Å²) in [5, 5.41) is 2.76. The first kappa shape index (κ1) is 27.7. The number of carbonyl (C=O) groups excluding carboxylic acids is 3. The number of fused-ring (bicyclic) bond motifs is 2. The summed E-state index contributed by atoms with van der Waals surface area (Å²) in [6.07, 6.45) is 7.69. The van der Waals surface area contributed by atoms with Crippen LogP contribution in [0.3, 0.4) is 0 Å². The molecule has 1 aliphatic carbocycles. The summed E-state index contributed by atoms with van der Waals surface area (Å²) >= 11 is 2.22. The van der Waals surface area contributed by atoms with Crippen molar-refractivity contribution >= 4 is 65.5 Å². The fraction of sp³-hybridized carbons (Fsp3) is 0.360. The summed E-state index contributed by atoms with van der Waals surface area (Å²) in [4.78, 5) is 42.6. The largest absolute Gasteiger partial charge is 0.465 e. The third-order valence-corrected chi connectivity index (χ3v) is 9.56. The first-order chi connectivity index (χ1) is 18.0. The smallest absolute Gasteiger partial charge is 0.341 e. The van der Waals surface area contributed by atoms with Crippen molar-refractivity contribution in [2.45, 2.75) is 32.7 Å². The third kappa shape index (κ3) is 6.03. The Kier molecular flexibility index (Phi) is 8.15. The van der Waals surface area contributed by atoms with Crippen molar-refractivity contribution in [3.63, 3.8) is 0 Å². The molecule has 2 heterocycles. The molecule has 0 radical (unpaired) electrons. The number of hydrogen-bond acceptors (Lipinski definition) is 8. The Bertz CT molecular complexity index is 1660. The SMILES string of the molecule is C#CCn1c(=NC(=O)CS(=O)(=O)CC(=O)Nc2sc3c(c2C(=O)OC)CCC(C)C3)sc2cc(F)ccc21. The molecule has 4 rings (SSSR count). The lowest BCUT2D eigenvalue weighted by Crippen LogP contribution is -2.28. The van der Waals surface area contributed by atoms with Gasteiger partial charge in [-0.3, -0.25) is 9.59 Å². The molecule has 0 aliphatic heterocycles. The molecule has 13 heteroatoms. The summed E-state index contributed by atoms with van der Waals surface area (Å²) in [5.41, 5.74) is 1.61. The zero-order valence-electron chi connectivity index (χ0n) is 20.6. The molecule has 2 amide bonds. The molecular formula is C25H24FN3O6S3. The minimum absolute atomic E-state index is 0.0407. The van der Waals surface area contributed by atoms with Crippen molar-refractivity contribution in [1.29, 1.82) is 0 Å². The number of benzene rings is 1. The number of rotatable bonds is 7. The molecule has 0 saturated carbocycles. The number of anilines is 1. The molecule has 0 spiro atoms. The zero-order valence-corrected chi connectivity index (χ0v) is 23.0. The standard InChI is InChI=1S/C25H24FN3O6S3/c1-4-9-29-17-8-6-15(26)11-19(17)37-25(29)28-21(31)13-38(33,34)12-20(30)27-23-22(24(32)35-3)16-7-5-14(2)10-18(16)36-23/h1,6,8,11,14H,5,7,9-10,12-13H2,2-3H3,(H,27,30). The molecule has 38 heavy (non-hydrogen) atoms. The van der Waals surface area contributed by atoms with E-state index in [1.165, 1.54) is 41.2 Å². The maximum Gasteiger partial charge on any atom is 0.341 e. The van der Waals surface area contributed by atoms with Crippen molar-refractivity contribution in [2.75, 3.05) is 23.9 Å². The Balaban J connectivity index is 1.51. The van der Waals surface area contributed by atoms with Crippen LogP contribution in [0.1, 0.15) is 34.1 Å². The second-order valence-corrected chi connectivity index (χ2v) is 13.1. The summed E-state index contributed by atoms with van der Waals surface area (Å²) in [7, 11) is -2.96. The lowest BCUT2D eigenvalue weighted by Gasteiger charge is -2.18. The van der Waals surface area contributed by atoms with Crippen molar-refractivity contribution in [3.8, 4) is 12.3 Å². The Morgan fingerprint density at radius 2 is 2.05 bits per heavy atom. The van der Waals surface area contributed by atoms with E-state index in [2.05, 4.69) is 23.2 Å². The molecule has 1 aromatic carbocycles. The molecule has 9 nitrogen and oxygen atoms in total. The minimum Gasteiger partial charge on any atom is -0.465 e. The summed E-state index contributed by atoms with van der Waals surface area (Å²) in [6.45, 7) is 2.14. The molecule has 2 aromatic heterocycles. The molecule has 0 fully saturated rings. The number of aromatic nitrogens is 1. The molecular weight excluding hydrogens is 553 g/mol. The van der Waals surface area contributed by atoms with Crippen molar-refractivity contribution in [1.82, 2.24) is 4.57 Å². The van der Waals surface area contributed by atoms with Gasteiger partial charge in [-0.1, -0.05) is 24.2 Å². The number of carbonyl (C=O) groups is 3. The molecule has 200 valence electrons. The maximum absolute atomic E-state index is 13.6. The van der Waals surface area contributed by atoms with Crippen LogP contribution in [0.5, 0.6) is 0 Å². The molecule has 1 N–H and O–H groups in total. The van der Waals surface area contributed by atoms with Gasteiger partial charge < -0.3 is 14.6 Å². The van der Waals surface area contributed by atoms with E-state index in [-0.39, 0.29) is 21.9 Å². The highest BCUT2D eigenvalue weighted by atomic mass is 32.2.